The maximum atomic E-state index is 13.6. The van der Waals surface area contributed by atoms with Crippen LogP contribution in [0.15, 0.2) is 53.4 Å². The van der Waals surface area contributed by atoms with Gasteiger partial charge in [-0.1, -0.05) is 41.9 Å². The Labute approximate surface area is 122 Å². The van der Waals surface area contributed by atoms with Gasteiger partial charge in [-0.2, -0.15) is 0 Å². The maximum absolute atomic E-state index is 13.6. The maximum Gasteiger partial charge on any atom is 0.244 e. The molecular formula is C14H13ClFNO2S. The molecule has 0 aliphatic rings. The molecule has 0 aromatic heterocycles. The summed E-state index contributed by atoms with van der Waals surface area (Å²) in [5.74, 6) is -0.786. The van der Waals surface area contributed by atoms with E-state index in [9.17, 15) is 12.8 Å². The van der Waals surface area contributed by atoms with Crippen LogP contribution in [0.1, 0.15) is 18.5 Å². The molecule has 0 spiro atoms. The van der Waals surface area contributed by atoms with E-state index in [1.807, 2.05) is 0 Å². The van der Waals surface area contributed by atoms with Crippen LogP contribution in [-0.2, 0) is 10.0 Å². The monoisotopic (exact) mass is 313 g/mol. The third kappa shape index (κ3) is 3.17. The molecule has 2 aromatic rings. The lowest BCUT2D eigenvalue weighted by Crippen LogP contribution is -2.27. The van der Waals surface area contributed by atoms with Gasteiger partial charge in [0.25, 0.3) is 0 Å². The van der Waals surface area contributed by atoms with Crippen molar-refractivity contribution in [1.82, 2.24) is 4.72 Å². The van der Waals surface area contributed by atoms with Crippen LogP contribution in [0, 0.1) is 5.82 Å². The number of hydrogen-bond donors (Lipinski definition) is 1. The van der Waals surface area contributed by atoms with E-state index in [1.165, 1.54) is 18.2 Å². The molecule has 0 radical (unpaired) electrons. The average molecular weight is 314 g/mol. The average Bonchev–Trinajstić information content (AvgIpc) is 2.38. The molecule has 0 unspecified atom stereocenters. The van der Waals surface area contributed by atoms with Crippen molar-refractivity contribution >= 4 is 21.6 Å². The van der Waals surface area contributed by atoms with Crippen LogP contribution < -0.4 is 4.72 Å². The molecule has 0 amide bonds. The molecular weight excluding hydrogens is 301 g/mol. The first kappa shape index (κ1) is 15.0. The van der Waals surface area contributed by atoms with Crippen molar-refractivity contribution in [2.24, 2.45) is 0 Å². The molecule has 0 saturated heterocycles. The number of hydrogen-bond acceptors (Lipinski definition) is 2. The molecule has 0 aliphatic carbocycles. The minimum absolute atomic E-state index is 0.376. The van der Waals surface area contributed by atoms with E-state index in [2.05, 4.69) is 4.72 Å². The Kier molecular flexibility index (Phi) is 4.42. The van der Waals surface area contributed by atoms with Crippen LogP contribution in [0.25, 0.3) is 0 Å². The molecule has 106 valence electrons. The van der Waals surface area contributed by atoms with Crippen LogP contribution in [0.5, 0.6) is 0 Å². The topological polar surface area (TPSA) is 46.2 Å². The lowest BCUT2D eigenvalue weighted by molar-refractivity contribution is 0.547. The molecule has 1 atom stereocenters. The summed E-state index contributed by atoms with van der Waals surface area (Å²) in [6.45, 7) is 1.65. The second-order valence-corrected chi connectivity index (χ2v) is 6.38. The SMILES string of the molecule is C[C@@H](NS(=O)(=O)c1ccccc1F)c1ccccc1Cl. The highest BCUT2D eigenvalue weighted by atomic mass is 35.5. The van der Waals surface area contributed by atoms with Crippen molar-refractivity contribution in [1.29, 1.82) is 0 Å². The third-order valence-corrected chi connectivity index (χ3v) is 4.75. The summed E-state index contributed by atoms with van der Waals surface area (Å²) >= 11 is 6.02. The number of sulfonamides is 1. The van der Waals surface area contributed by atoms with Crippen LogP contribution in [0.2, 0.25) is 5.02 Å². The Bertz CT molecular complexity index is 719. The van der Waals surface area contributed by atoms with Gasteiger partial charge in [-0.3, -0.25) is 0 Å². The van der Waals surface area contributed by atoms with Gasteiger partial charge in [0.05, 0.1) is 0 Å². The molecule has 0 bridgehead atoms. The summed E-state index contributed by atoms with van der Waals surface area (Å²) in [6.07, 6.45) is 0. The molecule has 1 N–H and O–H groups in total. The summed E-state index contributed by atoms with van der Waals surface area (Å²) in [6, 6.07) is 11.6. The van der Waals surface area contributed by atoms with Crippen molar-refractivity contribution in [3.8, 4) is 0 Å². The van der Waals surface area contributed by atoms with Gasteiger partial charge in [0.2, 0.25) is 10.0 Å². The van der Waals surface area contributed by atoms with E-state index in [-0.39, 0.29) is 4.90 Å². The molecule has 3 nitrogen and oxygen atoms in total. The zero-order valence-corrected chi connectivity index (χ0v) is 12.2. The molecule has 2 aromatic carbocycles. The summed E-state index contributed by atoms with van der Waals surface area (Å²) in [4.78, 5) is -0.376. The Hall–Kier alpha value is -1.43. The first-order valence-electron chi connectivity index (χ1n) is 5.93. The fraction of sp³-hybridized carbons (Fsp3) is 0.143. The van der Waals surface area contributed by atoms with E-state index in [4.69, 9.17) is 11.6 Å². The fourth-order valence-electron chi connectivity index (χ4n) is 1.85. The van der Waals surface area contributed by atoms with Crippen molar-refractivity contribution in [2.45, 2.75) is 17.9 Å². The van der Waals surface area contributed by atoms with Crippen LogP contribution >= 0.6 is 11.6 Å². The molecule has 0 fully saturated rings. The molecule has 20 heavy (non-hydrogen) atoms. The van der Waals surface area contributed by atoms with E-state index in [1.54, 1.807) is 31.2 Å². The minimum atomic E-state index is -3.94. The normalized spacial score (nSPS) is 13.2. The van der Waals surface area contributed by atoms with Gasteiger partial charge >= 0.3 is 0 Å². The quantitative estimate of drug-likeness (QED) is 0.938. The molecule has 0 aliphatic heterocycles. The highest BCUT2D eigenvalue weighted by Crippen LogP contribution is 2.24. The lowest BCUT2D eigenvalue weighted by atomic mass is 10.1. The minimum Gasteiger partial charge on any atom is -0.207 e. The Morgan fingerprint density at radius 3 is 2.35 bits per heavy atom. The molecule has 6 heteroatoms. The van der Waals surface area contributed by atoms with Gasteiger partial charge in [0.15, 0.2) is 0 Å². The zero-order chi connectivity index (χ0) is 14.8. The number of benzene rings is 2. The molecule has 2 rings (SSSR count). The fourth-order valence-corrected chi connectivity index (χ4v) is 3.45. The lowest BCUT2D eigenvalue weighted by Gasteiger charge is -2.16. The van der Waals surface area contributed by atoms with Gasteiger partial charge < -0.3 is 0 Å². The van der Waals surface area contributed by atoms with E-state index >= 15 is 0 Å². The largest absolute Gasteiger partial charge is 0.244 e. The van der Waals surface area contributed by atoms with Gasteiger partial charge in [0, 0.05) is 11.1 Å². The summed E-state index contributed by atoms with van der Waals surface area (Å²) in [5, 5.41) is 0.455. The standard InChI is InChI=1S/C14H13ClFNO2S/c1-10(11-6-2-3-7-12(11)15)17-20(18,19)14-9-5-4-8-13(14)16/h2-10,17H,1H3/t10-/m1/s1. The van der Waals surface area contributed by atoms with Crippen molar-refractivity contribution < 1.29 is 12.8 Å². The zero-order valence-electron chi connectivity index (χ0n) is 10.7. The second-order valence-electron chi connectivity index (χ2n) is 4.29. The van der Waals surface area contributed by atoms with E-state index in [0.717, 1.165) is 6.07 Å². The summed E-state index contributed by atoms with van der Waals surface area (Å²) in [7, 11) is -3.94. The Morgan fingerprint density at radius 2 is 1.70 bits per heavy atom. The second kappa shape index (κ2) is 5.91. The number of rotatable bonds is 4. The van der Waals surface area contributed by atoms with Gasteiger partial charge in [-0.15, -0.1) is 0 Å². The summed E-state index contributed by atoms with van der Waals surface area (Å²) in [5.41, 5.74) is 0.633. The first-order valence-corrected chi connectivity index (χ1v) is 7.79. The molecule has 0 heterocycles. The van der Waals surface area contributed by atoms with Crippen molar-refractivity contribution in [2.75, 3.05) is 0 Å². The van der Waals surface area contributed by atoms with Crippen LogP contribution in [-0.4, -0.2) is 8.42 Å². The Morgan fingerprint density at radius 1 is 1.10 bits per heavy atom. The summed E-state index contributed by atoms with van der Waals surface area (Å²) < 4.78 is 40.3. The Balaban J connectivity index is 2.30. The van der Waals surface area contributed by atoms with Gasteiger partial charge in [-0.05, 0) is 30.7 Å². The van der Waals surface area contributed by atoms with Crippen molar-refractivity contribution in [3.63, 3.8) is 0 Å². The molecule has 0 saturated carbocycles. The predicted molar refractivity (Wildman–Crippen MR) is 76.6 cm³/mol. The van der Waals surface area contributed by atoms with Crippen molar-refractivity contribution in [3.05, 3.63) is 64.9 Å². The van der Waals surface area contributed by atoms with E-state index in [0.29, 0.717) is 10.6 Å². The van der Waals surface area contributed by atoms with Gasteiger partial charge in [0.1, 0.15) is 10.7 Å². The van der Waals surface area contributed by atoms with Crippen LogP contribution in [0.4, 0.5) is 4.39 Å². The van der Waals surface area contributed by atoms with E-state index < -0.39 is 21.9 Å². The smallest absolute Gasteiger partial charge is 0.207 e. The highest BCUT2D eigenvalue weighted by molar-refractivity contribution is 7.89. The number of halogens is 2. The van der Waals surface area contributed by atoms with Crippen LogP contribution in [0.3, 0.4) is 0 Å². The third-order valence-electron chi connectivity index (χ3n) is 2.83. The first-order chi connectivity index (χ1) is 9.42. The number of nitrogens with one attached hydrogen (secondary N) is 1. The van der Waals surface area contributed by atoms with Gasteiger partial charge in [-0.25, -0.2) is 17.5 Å². The predicted octanol–water partition coefficient (Wildman–Crippen LogP) is 3.52. The highest BCUT2D eigenvalue weighted by Gasteiger charge is 2.22.